The van der Waals surface area contributed by atoms with Crippen LogP contribution in [-0.2, 0) is 10.0 Å². The van der Waals surface area contributed by atoms with E-state index >= 15 is 0 Å². The highest BCUT2D eigenvalue weighted by Crippen LogP contribution is 2.27. The molecule has 0 saturated heterocycles. The summed E-state index contributed by atoms with van der Waals surface area (Å²) in [5, 5.41) is 9.65. The summed E-state index contributed by atoms with van der Waals surface area (Å²) in [6, 6.07) is 9.56. The van der Waals surface area contributed by atoms with Crippen molar-refractivity contribution in [2.24, 2.45) is 5.14 Å². The number of nitrogens with two attached hydrogens (primary N) is 1. The van der Waals surface area contributed by atoms with Crippen molar-refractivity contribution in [3.63, 3.8) is 0 Å². The van der Waals surface area contributed by atoms with Gasteiger partial charge in [-0.1, -0.05) is 24.8 Å². The van der Waals surface area contributed by atoms with E-state index in [4.69, 9.17) is 9.88 Å². The molecule has 0 saturated carbocycles. The van der Waals surface area contributed by atoms with E-state index in [-0.39, 0.29) is 22.3 Å². The summed E-state index contributed by atoms with van der Waals surface area (Å²) < 4.78 is 29.0. The third-order valence-electron chi connectivity index (χ3n) is 3.70. The van der Waals surface area contributed by atoms with Crippen LogP contribution in [0.5, 0.6) is 5.88 Å². The van der Waals surface area contributed by atoms with Gasteiger partial charge in [-0.2, -0.15) is 4.98 Å². The molecule has 0 aliphatic rings. The van der Waals surface area contributed by atoms with Gasteiger partial charge in [-0.3, -0.25) is 10.1 Å². The monoisotopic (exact) mass is 416 g/mol. The van der Waals surface area contributed by atoms with Crippen LogP contribution in [0.4, 0.5) is 5.95 Å². The van der Waals surface area contributed by atoms with E-state index in [1.165, 1.54) is 36.7 Å². The first-order chi connectivity index (χ1) is 13.3. The smallest absolute Gasteiger partial charge is 0.259 e. The lowest BCUT2D eigenvalue weighted by Gasteiger charge is -2.10. The van der Waals surface area contributed by atoms with Crippen molar-refractivity contribution in [2.45, 2.75) is 4.90 Å². The van der Waals surface area contributed by atoms with Gasteiger partial charge in [0.2, 0.25) is 21.9 Å². The van der Waals surface area contributed by atoms with Crippen molar-refractivity contribution in [1.82, 2.24) is 9.97 Å². The topological polar surface area (TPSA) is 124 Å². The molecule has 0 aliphatic carbocycles. The predicted molar refractivity (Wildman–Crippen MR) is 108 cm³/mol. The Labute approximate surface area is 165 Å². The van der Waals surface area contributed by atoms with Crippen molar-refractivity contribution in [1.29, 1.82) is 0 Å². The molecule has 10 heteroatoms. The number of anilines is 1. The quantitative estimate of drug-likeness (QED) is 0.637. The molecule has 0 atom stereocenters. The van der Waals surface area contributed by atoms with Gasteiger partial charge in [0.1, 0.15) is 0 Å². The van der Waals surface area contributed by atoms with Crippen molar-refractivity contribution in [3.05, 3.63) is 59.5 Å². The van der Waals surface area contributed by atoms with Crippen molar-refractivity contribution in [3.8, 4) is 16.5 Å². The van der Waals surface area contributed by atoms with Crippen LogP contribution < -0.4 is 15.2 Å². The first-order valence-electron chi connectivity index (χ1n) is 7.89. The lowest BCUT2D eigenvalue weighted by atomic mass is 10.1. The van der Waals surface area contributed by atoms with E-state index < -0.39 is 15.9 Å². The molecule has 144 valence electrons. The van der Waals surface area contributed by atoms with Crippen LogP contribution in [0.1, 0.15) is 15.9 Å². The molecule has 0 aliphatic heterocycles. The number of carbonyl (C=O) groups is 1. The highest BCUT2D eigenvalue weighted by atomic mass is 32.2. The number of primary sulfonamides is 1. The molecule has 28 heavy (non-hydrogen) atoms. The van der Waals surface area contributed by atoms with E-state index in [9.17, 15) is 13.2 Å². The summed E-state index contributed by atoms with van der Waals surface area (Å²) in [6.45, 7) is 3.58. The summed E-state index contributed by atoms with van der Waals surface area (Å²) in [6.07, 6.45) is 1.45. The van der Waals surface area contributed by atoms with Gasteiger partial charge in [0.25, 0.3) is 5.91 Å². The van der Waals surface area contributed by atoms with Crippen LogP contribution in [0.15, 0.2) is 53.3 Å². The van der Waals surface area contributed by atoms with Gasteiger partial charge in [-0.25, -0.2) is 18.5 Å². The first-order valence-corrected chi connectivity index (χ1v) is 10.3. The molecule has 0 radical (unpaired) electrons. The first kappa shape index (κ1) is 19.7. The second kappa shape index (κ2) is 7.89. The van der Waals surface area contributed by atoms with E-state index in [0.717, 1.165) is 4.88 Å². The van der Waals surface area contributed by atoms with Crippen LogP contribution in [-0.4, -0.2) is 31.4 Å². The van der Waals surface area contributed by atoms with E-state index in [0.29, 0.717) is 11.3 Å². The largest absolute Gasteiger partial charge is 0.481 e. The highest BCUT2D eigenvalue weighted by molar-refractivity contribution is 7.89. The summed E-state index contributed by atoms with van der Waals surface area (Å²) in [7, 11) is -2.69. The Balaban J connectivity index is 2.00. The van der Waals surface area contributed by atoms with Gasteiger partial charge >= 0.3 is 0 Å². The average Bonchev–Trinajstić information content (AvgIpc) is 3.21. The minimum atomic E-state index is -4.13. The number of carbonyl (C=O) groups excluding carboxylic acids is 1. The molecule has 0 fully saturated rings. The molecule has 2 heterocycles. The maximum atomic E-state index is 12.7. The lowest BCUT2D eigenvalue weighted by molar-refractivity contribution is 0.102. The third kappa shape index (κ3) is 4.25. The summed E-state index contributed by atoms with van der Waals surface area (Å²) in [5.41, 5.74) is 0.946. The molecular weight excluding hydrogens is 400 g/mol. The fourth-order valence-corrected chi connectivity index (χ4v) is 3.85. The number of benzene rings is 1. The SMILES string of the molecule is C=Cc1ccc(C(=O)Nc2nc(OC)cc(-c3cccs3)n2)c(S(N)(=O)=O)c1. The van der Waals surface area contributed by atoms with E-state index in [1.54, 1.807) is 12.1 Å². The molecule has 8 nitrogen and oxygen atoms in total. The fraction of sp³-hybridized carbons (Fsp3) is 0.0556. The second-order valence-corrected chi connectivity index (χ2v) is 8.03. The van der Waals surface area contributed by atoms with Crippen molar-refractivity contribution in [2.75, 3.05) is 12.4 Å². The Morgan fingerprint density at radius 3 is 2.68 bits per heavy atom. The summed E-state index contributed by atoms with van der Waals surface area (Å²) in [5.74, 6) is -0.492. The molecule has 3 N–H and O–H groups in total. The summed E-state index contributed by atoms with van der Waals surface area (Å²) >= 11 is 1.47. The number of amides is 1. The average molecular weight is 416 g/mol. The Hall–Kier alpha value is -3.08. The molecule has 1 aromatic carbocycles. The number of hydrogen-bond acceptors (Lipinski definition) is 7. The lowest BCUT2D eigenvalue weighted by Crippen LogP contribution is -2.21. The van der Waals surface area contributed by atoms with Crippen LogP contribution in [0, 0.1) is 0 Å². The van der Waals surface area contributed by atoms with Gasteiger partial charge in [-0.15, -0.1) is 11.3 Å². The van der Waals surface area contributed by atoms with Crippen LogP contribution in [0.25, 0.3) is 16.6 Å². The van der Waals surface area contributed by atoms with Gasteiger partial charge in [0.15, 0.2) is 0 Å². The molecule has 3 aromatic rings. The molecule has 2 aromatic heterocycles. The highest BCUT2D eigenvalue weighted by Gasteiger charge is 2.21. The minimum absolute atomic E-state index is 0.0269. The molecule has 1 amide bonds. The third-order valence-corrected chi connectivity index (χ3v) is 5.55. The number of ether oxygens (including phenoxy) is 1. The molecule has 0 unspecified atom stereocenters. The molecule has 3 rings (SSSR count). The van der Waals surface area contributed by atoms with Gasteiger partial charge in [0, 0.05) is 6.07 Å². The van der Waals surface area contributed by atoms with Gasteiger partial charge in [0.05, 0.1) is 28.1 Å². The van der Waals surface area contributed by atoms with Crippen molar-refractivity contribution < 1.29 is 17.9 Å². The number of sulfonamides is 1. The number of methoxy groups -OCH3 is 1. The van der Waals surface area contributed by atoms with Crippen LogP contribution in [0.2, 0.25) is 0 Å². The maximum Gasteiger partial charge on any atom is 0.259 e. The molecular formula is C18H16N4O4S2. The number of nitrogens with zero attached hydrogens (tertiary/aromatic N) is 2. The Kier molecular flexibility index (Phi) is 5.54. The number of nitrogens with one attached hydrogen (secondary N) is 1. The Bertz CT molecular complexity index is 1140. The van der Waals surface area contributed by atoms with Crippen molar-refractivity contribution >= 4 is 39.3 Å². The summed E-state index contributed by atoms with van der Waals surface area (Å²) in [4.78, 5) is 21.6. The van der Waals surface area contributed by atoms with Crippen LogP contribution in [0.3, 0.4) is 0 Å². The van der Waals surface area contributed by atoms with E-state index in [2.05, 4.69) is 21.9 Å². The fourth-order valence-electron chi connectivity index (χ4n) is 2.39. The normalized spacial score (nSPS) is 11.1. The zero-order chi connectivity index (χ0) is 20.3. The van der Waals surface area contributed by atoms with Gasteiger partial charge < -0.3 is 4.74 Å². The molecule has 0 bridgehead atoms. The maximum absolute atomic E-state index is 12.7. The number of hydrogen-bond donors (Lipinski definition) is 2. The standard InChI is InChI=1S/C18H16N4O4S2/c1-3-11-6-7-12(15(9-11)28(19,24)25)17(23)22-18-20-13(10-16(21-18)26-2)14-5-4-8-27-14/h3-10H,1H2,2H3,(H2,19,24,25)(H,20,21,22,23). The molecule has 0 spiro atoms. The number of rotatable bonds is 6. The van der Waals surface area contributed by atoms with Crippen LogP contribution >= 0.6 is 11.3 Å². The zero-order valence-corrected chi connectivity index (χ0v) is 16.4. The predicted octanol–water partition coefficient (Wildman–Crippen LogP) is 2.76. The van der Waals surface area contributed by atoms with Gasteiger partial charge in [-0.05, 0) is 29.1 Å². The van der Waals surface area contributed by atoms with E-state index in [1.807, 2.05) is 17.5 Å². The minimum Gasteiger partial charge on any atom is -0.481 e. The second-order valence-electron chi connectivity index (χ2n) is 5.56. The Morgan fingerprint density at radius 2 is 2.07 bits per heavy atom. The number of aromatic nitrogens is 2. The zero-order valence-electron chi connectivity index (χ0n) is 14.7. The Morgan fingerprint density at radius 1 is 1.29 bits per heavy atom. The number of thiophene rings is 1.